The fourth-order valence-electron chi connectivity index (χ4n) is 1.12. The first-order valence-electron chi connectivity index (χ1n) is 7.02. The van der Waals surface area contributed by atoms with Gasteiger partial charge in [-0.2, -0.15) is 0 Å². The van der Waals surface area contributed by atoms with Gasteiger partial charge in [-0.25, -0.2) is 4.79 Å². The summed E-state index contributed by atoms with van der Waals surface area (Å²) in [5.41, 5.74) is 0.245. The van der Waals surface area contributed by atoms with Crippen LogP contribution in [0.1, 0.15) is 40.2 Å². The maximum atomic E-state index is 10.3. The number of benzene rings is 1. The van der Waals surface area contributed by atoms with E-state index in [4.69, 9.17) is 19.7 Å². The number of aliphatic hydroxyl groups is 1. The zero-order chi connectivity index (χ0) is 17.8. The van der Waals surface area contributed by atoms with E-state index in [0.29, 0.717) is 11.5 Å². The Kier molecular flexibility index (Phi) is 11.8. The zero-order valence-electron chi connectivity index (χ0n) is 14.5. The highest BCUT2D eigenvalue weighted by molar-refractivity contribution is 5.85. The molecule has 0 aliphatic rings. The molecular formula is C17H28O5. The molecule has 0 saturated heterocycles. The topological polar surface area (TPSA) is 76.0 Å². The Labute approximate surface area is 133 Å². The van der Waals surface area contributed by atoms with Crippen molar-refractivity contribution in [3.8, 4) is 11.5 Å². The van der Waals surface area contributed by atoms with Crippen molar-refractivity contribution in [1.29, 1.82) is 0 Å². The van der Waals surface area contributed by atoms with Gasteiger partial charge in [0, 0.05) is 6.08 Å². The maximum Gasteiger partial charge on any atom is 0.328 e. The monoisotopic (exact) mass is 312 g/mol. The molecule has 0 aliphatic heterocycles. The molecule has 1 aromatic carbocycles. The number of rotatable bonds is 4. The van der Waals surface area contributed by atoms with Crippen LogP contribution in [0.3, 0.4) is 0 Å². The highest BCUT2D eigenvalue weighted by atomic mass is 16.5. The number of hydrogen-bond donors (Lipinski definition) is 2. The van der Waals surface area contributed by atoms with Crippen LogP contribution in [0.15, 0.2) is 24.3 Å². The van der Waals surface area contributed by atoms with Crippen LogP contribution < -0.4 is 9.47 Å². The summed E-state index contributed by atoms with van der Waals surface area (Å²) in [4.78, 5) is 10.3. The molecule has 0 amide bonds. The van der Waals surface area contributed by atoms with Crippen molar-refractivity contribution < 1.29 is 24.5 Å². The Morgan fingerprint density at radius 3 is 1.91 bits per heavy atom. The molecule has 1 aromatic rings. The predicted octanol–water partition coefficient (Wildman–Crippen LogP) is 3.61. The number of aliphatic carboxylic acids is 1. The number of methoxy groups -OCH3 is 2. The molecule has 0 aliphatic carbocycles. The fraction of sp³-hybridized carbons (Fsp3) is 0.471. The lowest BCUT2D eigenvalue weighted by Crippen LogP contribution is -2.10. The zero-order valence-corrected chi connectivity index (χ0v) is 14.5. The van der Waals surface area contributed by atoms with Gasteiger partial charge in [0.05, 0.1) is 19.8 Å². The molecule has 1 rings (SSSR count). The molecule has 0 atom stereocenters. The van der Waals surface area contributed by atoms with E-state index in [0.717, 1.165) is 11.6 Å². The van der Waals surface area contributed by atoms with Gasteiger partial charge in [-0.15, -0.1) is 0 Å². The number of ether oxygens (including phenoxy) is 2. The van der Waals surface area contributed by atoms with Crippen molar-refractivity contribution in [3.05, 3.63) is 29.8 Å². The summed E-state index contributed by atoms with van der Waals surface area (Å²) < 4.78 is 10.1. The summed E-state index contributed by atoms with van der Waals surface area (Å²) in [6.45, 7) is 9.23. The number of carbonyl (C=O) groups is 1. The second-order valence-electron chi connectivity index (χ2n) is 4.96. The Bertz CT molecular complexity index is 453. The van der Waals surface area contributed by atoms with Gasteiger partial charge in [0.2, 0.25) is 0 Å². The highest BCUT2D eigenvalue weighted by Gasteiger charge is 2.02. The molecule has 0 saturated carbocycles. The predicted molar refractivity (Wildman–Crippen MR) is 89.5 cm³/mol. The molecule has 0 radical (unpaired) electrons. The van der Waals surface area contributed by atoms with Crippen LogP contribution in [0.5, 0.6) is 11.5 Å². The lowest BCUT2D eigenvalue weighted by Gasteiger charge is -2.07. The third kappa shape index (κ3) is 13.0. The van der Waals surface area contributed by atoms with E-state index in [2.05, 4.69) is 0 Å². The van der Waals surface area contributed by atoms with Gasteiger partial charge < -0.3 is 19.7 Å². The molecular weight excluding hydrogens is 284 g/mol. The summed E-state index contributed by atoms with van der Waals surface area (Å²) >= 11 is 0. The summed E-state index contributed by atoms with van der Waals surface area (Å²) in [7, 11) is 3.08. The molecule has 126 valence electrons. The van der Waals surface area contributed by atoms with E-state index in [1.807, 2.05) is 13.8 Å². The third-order valence-corrected chi connectivity index (χ3v) is 1.83. The van der Waals surface area contributed by atoms with Crippen molar-refractivity contribution in [3.63, 3.8) is 0 Å². The first-order chi connectivity index (χ1) is 10.2. The molecule has 0 fully saturated rings. The summed E-state index contributed by atoms with van der Waals surface area (Å²) in [5.74, 6) is 0.208. The van der Waals surface area contributed by atoms with Crippen LogP contribution in [0, 0.1) is 0 Å². The van der Waals surface area contributed by atoms with Crippen molar-refractivity contribution in [2.45, 2.75) is 40.2 Å². The van der Waals surface area contributed by atoms with Crippen LogP contribution in [-0.4, -0.2) is 36.0 Å². The maximum absolute atomic E-state index is 10.3. The molecule has 22 heavy (non-hydrogen) atoms. The second-order valence-corrected chi connectivity index (χ2v) is 4.96. The van der Waals surface area contributed by atoms with Crippen LogP contribution in [0.4, 0.5) is 0 Å². The molecule has 0 spiro atoms. The van der Waals surface area contributed by atoms with Crippen LogP contribution >= 0.6 is 0 Å². The average Bonchev–Trinajstić information content (AvgIpc) is 2.45. The van der Waals surface area contributed by atoms with E-state index < -0.39 is 11.6 Å². The lowest BCUT2D eigenvalue weighted by atomic mass is 10.2. The largest absolute Gasteiger partial charge is 0.493 e. The SMILES string of the molecule is CC.CC(C)(C)O.COc1ccc(/C=C/C(=O)O)cc1OC. The average molecular weight is 312 g/mol. The normalized spacial score (nSPS) is 10.0. The quantitative estimate of drug-likeness (QED) is 0.831. The van der Waals surface area contributed by atoms with Crippen LogP contribution in [0.25, 0.3) is 6.08 Å². The van der Waals surface area contributed by atoms with Crippen molar-refractivity contribution in [2.75, 3.05) is 14.2 Å². The van der Waals surface area contributed by atoms with Crippen LogP contribution in [-0.2, 0) is 4.79 Å². The van der Waals surface area contributed by atoms with Gasteiger partial charge in [-0.05, 0) is 44.5 Å². The molecule has 0 bridgehead atoms. The van der Waals surface area contributed by atoms with E-state index in [-0.39, 0.29) is 0 Å². The summed E-state index contributed by atoms with van der Waals surface area (Å²) in [6.07, 6.45) is 2.56. The first-order valence-corrected chi connectivity index (χ1v) is 7.02. The molecule has 5 nitrogen and oxygen atoms in total. The van der Waals surface area contributed by atoms with E-state index in [1.165, 1.54) is 13.2 Å². The van der Waals surface area contributed by atoms with E-state index in [1.54, 1.807) is 46.1 Å². The second kappa shape index (κ2) is 11.6. The Morgan fingerprint density at radius 2 is 1.55 bits per heavy atom. The minimum atomic E-state index is -0.982. The smallest absolute Gasteiger partial charge is 0.328 e. The number of carboxylic acid groups (broad SMARTS) is 1. The van der Waals surface area contributed by atoms with E-state index in [9.17, 15) is 4.79 Å². The van der Waals surface area contributed by atoms with Gasteiger partial charge in [-0.1, -0.05) is 19.9 Å². The highest BCUT2D eigenvalue weighted by Crippen LogP contribution is 2.27. The molecule has 0 unspecified atom stereocenters. The number of carboxylic acids is 1. The Morgan fingerprint density at radius 1 is 1.09 bits per heavy atom. The fourth-order valence-corrected chi connectivity index (χ4v) is 1.12. The summed E-state index contributed by atoms with van der Waals surface area (Å²) in [5, 5.41) is 17.0. The Hall–Kier alpha value is -2.01. The van der Waals surface area contributed by atoms with Crippen LogP contribution in [0.2, 0.25) is 0 Å². The lowest BCUT2D eigenvalue weighted by molar-refractivity contribution is -0.131. The van der Waals surface area contributed by atoms with Crippen molar-refractivity contribution >= 4 is 12.0 Å². The third-order valence-electron chi connectivity index (χ3n) is 1.83. The summed E-state index contributed by atoms with van der Waals surface area (Å²) in [6, 6.07) is 5.18. The van der Waals surface area contributed by atoms with Gasteiger partial charge in [0.25, 0.3) is 0 Å². The number of hydrogen-bond acceptors (Lipinski definition) is 4. The van der Waals surface area contributed by atoms with Gasteiger partial charge in [0.15, 0.2) is 11.5 Å². The molecule has 2 N–H and O–H groups in total. The molecule has 0 aromatic heterocycles. The van der Waals surface area contributed by atoms with Gasteiger partial charge in [0.1, 0.15) is 0 Å². The van der Waals surface area contributed by atoms with E-state index >= 15 is 0 Å². The molecule has 0 heterocycles. The van der Waals surface area contributed by atoms with Crippen molar-refractivity contribution in [2.24, 2.45) is 0 Å². The standard InChI is InChI=1S/C11H12O4.C4H10O.C2H6/c1-14-9-5-3-8(4-6-11(12)13)7-10(9)15-2;1-4(2,3)5;1-2/h3-7H,1-2H3,(H,12,13);5H,1-3H3;1-2H3/b6-4+;;. The Balaban J connectivity index is 0. The molecule has 5 heteroatoms. The van der Waals surface area contributed by atoms with Gasteiger partial charge >= 0.3 is 5.97 Å². The van der Waals surface area contributed by atoms with Gasteiger partial charge in [-0.3, -0.25) is 0 Å². The minimum Gasteiger partial charge on any atom is -0.493 e. The first kappa shape index (κ1) is 22.3. The van der Waals surface area contributed by atoms with Crippen molar-refractivity contribution in [1.82, 2.24) is 0 Å². The minimum absolute atomic E-state index is 0.500.